The lowest BCUT2D eigenvalue weighted by molar-refractivity contribution is -0.0140. The predicted octanol–water partition coefficient (Wildman–Crippen LogP) is 1.46. The van der Waals surface area contributed by atoms with Crippen LogP contribution in [0.5, 0.6) is 11.6 Å². The Morgan fingerprint density at radius 3 is 2.79 bits per heavy atom. The minimum atomic E-state index is -0.659. The van der Waals surface area contributed by atoms with Gasteiger partial charge in [-0.05, 0) is 30.2 Å². The average molecular weight is 388 g/mol. The van der Waals surface area contributed by atoms with E-state index in [1.165, 1.54) is 12.1 Å². The van der Waals surface area contributed by atoms with E-state index >= 15 is 0 Å². The number of amides is 1. The van der Waals surface area contributed by atoms with Gasteiger partial charge in [-0.1, -0.05) is 12.1 Å². The second kappa shape index (κ2) is 8.12. The van der Waals surface area contributed by atoms with Crippen molar-refractivity contribution in [2.24, 2.45) is 0 Å². The summed E-state index contributed by atoms with van der Waals surface area (Å²) in [7, 11) is 0. The monoisotopic (exact) mass is 388 g/mol. The molecular formula is C20H21FN2O5. The molecule has 2 atom stereocenters. The van der Waals surface area contributed by atoms with E-state index in [-0.39, 0.29) is 24.0 Å². The molecule has 2 unspecified atom stereocenters. The van der Waals surface area contributed by atoms with Gasteiger partial charge in [0.05, 0.1) is 18.8 Å². The maximum atomic E-state index is 13.2. The molecule has 1 aromatic heterocycles. The lowest BCUT2D eigenvalue weighted by atomic mass is 10.0. The second-order valence-corrected chi connectivity index (χ2v) is 6.81. The largest absolute Gasteiger partial charge is 0.484 e. The van der Waals surface area contributed by atoms with Gasteiger partial charge < -0.3 is 24.6 Å². The third-order valence-corrected chi connectivity index (χ3v) is 4.76. The van der Waals surface area contributed by atoms with Crippen LogP contribution >= 0.6 is 0 Å². The number of aromatic nitrogens is 1. The third kappa shape index (κ3) is 4.07. The molecule has 1 aromatic carbocycles. The van der Waals surface area contributed by atoms with Crippen LogP contribution in [0, 0.1) is 5.82 Å². The highest BCUT2D eigenvalue weighted by molar-refractivity contribution is 5.93. The molecule has 2 aliphatic heterocycles. The minimum absolute atomic E-state index is 0.166. The average Bonchev–Trinajstić information content (AvgIpc) is 2.71. The lowest BCUT2D eigenvalue weighted by Crippen LogP contribution is -2.49. The maximum absolute atomic E-state index is 13.2. The van der Waals surface area contributed by atoms with Crippen molar-refractivity contribution in [3.63, 3.8) is 0 Å². The summed E-state index contributed by atoms with van der Waals surface area (Å²) >= 11 is 0. The van der Waals surface area contributed by atoms with E-state index in [0.29, 0.717) is 38.4 Å². The smallest absolute Gasteiger partial charge is 0.270 e. The van der Waals surface area contributed by atoms with Crippen molar-refractivity contribution in [3.05, 3.63) is 53.0 Å². The van der Waals surface area contributed by atoms with Crippen LogP contribution in [0.1, 0.15) is 28.0 Å². The molecular weight excluding hydrogens is 367 g/mol. The molecule has 3 heterocycles. The van der Waals surface area contributed by atoms with Crippen LogP contribution in [-0.4, -0.2) is 54.6 Å². The molecule has 0 radical (unpaired) electrons. The van der Waals surface area contributed by atoms with Gasteiger partial charge in [0.25, 0.3) is 11.8 Å². The van der Waals surface area contributed by atoms with E-state index in [1.54, 1.807) is 18.2 Å². The second-order valence-electron chi connectivity index (χ2n) is 6.81. The summed E-state index contributed by atoms with van der Waals surface area (Å²) in [5.74, 6) is 0.0184. The molecule has 148 valence electrons. The third-order valence-electron chi connectivity index (χ3n) is 4.76. The van der Waals surface area contributed by atoms with Gasteiger partial charge >= 0.3 is 0 Å². The molecule has 0 saturated carbocycles. The van der Waals surface area contributed by atoms with Crippen molar-refractivity contribution in [1.82, 2.24) is 10.3 Å². The standard InChI is InChI=1S/C20H21FN2O5/c21-14-3-1-12(2-4-14)9-13-10-15(23-20-18(13)27-7-8-28-20)19(25)22-16-11-26-6-5-17(16)24/h1-4,10,16-17,24H,5-9,11H2,(H,22,25). The summed E-state index contributed by atoms with van der Waals surface area (Å²) in [6.07, 6.45) is 0.243. The molecule has 2 aromatic rings. The first-order valence-electron chi connectivity index (χ1n) is 9.21. The Hall–Kier alpha value is -2.71. The number of halogens is 1. The van der Waals surface area contributed by atoms with Crippen molar-refractivity contribution < 1.29 is 28.5 Å². The fraction of sp³-hybridized carbons (Fsp3) is 0.400. The number of aliphatic hydroxyl groups excluding tert-OH is 1. The van der Waals surface area contributed by atoms with Crippen LogP contribution in [0.3, 0.4) is 0 Å². The van der Waals surface area contributed by atoms with E-state index < -0.39 is 18.1 Å². The summed E-state index contributed by atoms with van der Waals surface area (Å²) in [5, 5.41) is 12.8. The molecule has 7 nitrogen and oxygen atoms in total. The quantitative estimate of drug-likeness (QED) is 0.824. The van der Waals surface area contributed by atoms with Gasteiger partial charge in [-0.25, -0.2) is 9.37 Å². The zero-order chi connectivity index (χ0) is 19.5. The molecule has 1 saturated heterocycles. The molecule has 0 spiro atoms. The number of hydrogen-bond donors (Lipinski definition) is 2. The first-order chi connectivity index (χ1) is 13.6. The summed E-state index contributed by atoms with van der Waals surface area (Å²) in [6, 6.07) is 7.29. The lowest BCUT2D eigenvalue weighted by Gasteiger charge is -2.28. The van der Waals surface area contributed by atoms with Crippen LogP contribution in [0.2, 0.25) is 0 Å². The van der Waals surface area contributed by atoms with Gasteiger partial charge in [-0.2, -0.15) is 0 Å². The van der Waals surface area contributed by atoms with Crippen molar-refractivity contribution in [3.8, 4) is 11.6 Å². The molecule has 28 heavy (non-hydrogen) atoms. The van der Waals surface area contributed by atoms with E-state index in [1.807, 2.05) is 0 Å². The van der Waals surface area contributed by atoms with Crippen molar-refractivity contribution in [1.29, 1.82) is 0 Å². The van der Waals surface area contributed by atoms with Gasteiger partial charge in [0.15, 0.2) is 5.75 Å². The van der Waals surface area contributed by atoms with Crippen LogP contribution in [0.4, 0.5) is 4.39 Å². The molecule has 0 bridgehead atoms. The Morgan fingerprint density at radius 1 is 1.21 bits per heavy atom. The number of rotatable bonds is 4. The number of ether oxygens (including phenoxy) is 3. The van der Waals surface area contributed by atoms with Crippen LogP contribution in [-0.2, 0) is 11.2 Å². The topological polar surface area (TPSA) is 89.9 Å². The molecule has 2 N–H and O–H groups in total. The maximum Gasteiger partial charge on any atom is 0.270 e. The van der Waals surface area contributed by atoms with E-state index in [4.69, 9.17) is 14.2 Å². The van der Waals surface area contributed by atoms with E-state index in [0.717, 1.165) is 11.1 Å². The minimum Gasteiger partial charge on any atom is -0.484 e. The molecule has 4 rings (SSSR count). The fourth-order valence-corrected chi connectivity index (χ4v) is 3.27. The zero-order valence-corrected chi connectivity index (χ0v) is 15.2. The normalized spacial score (nSPS) is 21.2. The summed E-state index contributed by atoms with van der Waals surface area (Å²) in [5.41, 5.74) is 1.76. The van der Waals surface area contributed by atoms with Gasteiger partial charge in [0, 0.05) is 18.6 Å². The van der Waals surface area contributed by atoms with Gasteiger partial charge in [-0.3, -0.25) is 4.79 Å². The Bertz CT molecular complexity index is 858. The molecule has 1 amide bonds. The van der Waals surface area contributed by atoms with Crippen molar-refractivity contribution in [2.45, 2.75) is 25.0 Å². The number of nitrogens with one attached hydrogen (secondary N) is 1. The first kappa shape index (κ1) is 18.6. The van der Waals surface area contributed by atoms with Gasteiger partial charge in [-0.15, -0.1) is 0 Å². The molecule has 0 aliphatic carbocycles. The highest BCUT2D eigenvalue weighted by atomic mass is 19.1. The van der Waals surface area contributed by atoms with Crippen molar-refractivity contribution in [2.75, 3.05) is 26.4 Å². The van der Waals surface area contributed by atoms with E-state index in [9.17, 15) is 14.3 Å². The summed E-state index contributed by atoms with van der Waals surface area (Å²) in [4.78, 5) is 17.0. The van der Waals surface area contributed by atoms with Gasteiger partial charge in [0.2, 0.25) is 0 Å². The first-order valence-corrected chi connectivity index (χ1v) is 9.21. The fourth-order valence-electron chi connectivity index (χ4n) is 3.27. The Balaban J connectivity index is 1.60. The number of hydrogen-bond acceptors (Lipinski definition) is 6. The predicted molar refractivity (Wildman–Crippen MR) is 97.1 cm³/mol. The number of pyridine rings is 1. The number of aliphatic hydroxyl groups is 1. The number of nitrogens with zero attached hydrogens (tertiary/aromatic N) is 1. The van der Waals surface area contributed by atoms with Crippen molar-refractivity contribution >= 4 is 5.91 Å². The molecule has 2 aliphatic rings. The SMILES string of the molecule is O=C(NC1COCCC1O)c1cc(Cc2ccc(F)cc2)c2c(n1)OCCO2. The summed E-state index contributed by atoms with van der Waals surface area (Å²) in [6.45, 7) is 1.45. The Kier molecular flexibility index (Phi) is 5.40. The van der Waals surface area contributed by atoms with E-state index in [2.05, 4.69) is 10.3 Å². The molecule has 1 fully saturated rings. The van der Waals surface area contributed by atoms with Gasteiger partial charge in [0.1, 0.15) is 24.7 Å². The zero-order valence-electron chi connectivity index (χ0n) is 15.2. The Morgan fingerprint density at radius 2 is 2.00 bits per heavy atom. The highest BCUT2D eigenvalue weighted by Gasteiger charge is 2.28. The molecule has 8 heteroatoms. The number of carbonyl (C=O) groups excluding carboxylic acids is 1. The summed E-state index contributed by atoms with van der Waals surface area (Å²) < 4.78 is 29.8. The number of carbonyl (C=O) groups is 1. The number of benzene rings is 1. The number of fused-ring (bicyclic) bond motifs is 1. The van der Waals surface area contributed by atoms with Crippen LogP contribution < -0.4 is 14.8 Å². The van der Waals surface area contributed by atoms with Crippen LogP contribution in [0.15, 0.2) is 30.3 Å². The highest BCUT2D eigenvalue weighted by Crippen LogP contribution is 2.34. The Labute approximate surface area is 161 Å². The van der Waals surface area contributed by atoms with Crippen LogP contribution in [0.25, 0.3) is 0 Å².